The molecule has 6 heteroatoms. The third-order valence-corrected chi connectivity index (χ3v) is 5.80. The molecule has 0 atom stereocenters. The van der Waals surface area contributed by atoms with Crippen molar-refractivity contribution in [2.45, 2.75) is 44.6 Å². The molecule has 0 aromatic rings. The molecule has 3 fully saturated rings. The van der Waals surface area contributed by atoms with Gasteiger partial charge in [-0.05, 0) is 51.6 Å². The number of rotatable bonds is 3. The van der Waals surface area contributed by atoms with E-state index in [2.05, 4.69) is 9.80 Å². The van der Waals surface area contributed by atoms with E-state index in [0.717, 1.165) is 77.9 Å². The topological polar surface area (TPSA) is 75.9 Å². The maximum atomic E-state index is 12.6. The summed E-state index contributed by atoms with van der Waals surface area (Å²) in [6.45, 7) is 5.12. The van der Waals surface area contributed by atoms with Crippen LogP contribution in [-0.2, 0) is 14.3 Å². The maximum Gasteiger partial charge on any atom is 0.225 e. The summed E-state index contributed by atoms with van der Waals surface area (Å²) in [6.07, 6.45) is 5.62. The predicted octanol–water partition coefficient (Wildman–Crippen LogP) is 0.601. The Morgan fingerprint density at radius 2 is 1.43 bits per heavy atom. The van der Waals surface area contributed by atoms with Crippen molar-refractivity contribution >= 4 is 11.8 Å². The van der Waals surface area contributed by atoms with Crippen LogP contribution in [0.4, 0.5) is 0 Å². The van der Waals surface area contributed by atoms with Gasteiger partial charge in [-0.15, -0.1) is 0 Å². The van der Waals surface area contributed by atoms with Gasteiger partial charge < -0.3 is 20.3 Å². The Morgan fingerprint density at radius 1 is 0.826 bits per heavy atom. The minimum absolute atomic E-state index is 0.0569. The molecule has 0 saturated carbocycles. The number of carbonyl (C=O) groups is 2. The van der Waals surface area contributed by atoms with E-state index in [1.807, 2.05) is 0 Å². The molecule has 0 unspecified atom stereocenters. The van der Waals surface area contributed by atoms with E-state index < -0.39 is 0 Å². The lowest BCUT2D eigenvalue weighted by atomic mass is 9.92. The number of carbonyl (C=O) groups excluding carboxylic acids is 2. The van der Waals surface area contributed by atoms with E-state index in [-0.39, 0.29) is 17.7 Å². The van der Waals surface area contributed by atoms with E-state index >= 15 is 0 Å². The Kier molecular flexibility index (Phi) is 5.54. The number of hydrogen-bond donors (Lipinski definition) is 1. The molecule has 3 aliphatic heterocycles. The number of nitrogens with zero attached hydrogens (tertiary/aromatic N) is 2. The third kappa shape index (κ3) is 4.04. The lowest BCUT2D eigenvalue weighted by Crippen LogP contribution is -2.51. The molecule has 0 aromatic heterocycles. The number of nitrogens with two attached hydrogens (primary N) is 1. The van der Waals surface area contributed by atoms with E-state index in [4.69, 9.17) is 10.5 Å². The highest BCUT2D eigenvalue weighted by atomic mass is 16.5. The van der Waals surface area contributed by atoms with Crippen LogP contribution in [0.3, 0.4) is 0 Å². The summed E-state index contributed by atoms with van der Waals surface area (Å²) in [5.74, 6) is 0.411. The van der Waals surface area contributed by atoms with E-state index in [1.54, 1.807) is 0 Å². The first-order valence-corrected chi connectivity index (χ1v) is 9.05. The van der Waals surface area contributed by atoms with Gasteiger partial charge in [-0.2, -0.15) is 0 Å². The molecule has 130 valence electrons. The molecule has 0 aliphatic carbocycles. The second kappa shape index (κ2) is 7.62. The molecule has 0 radical (unpaired) electrons. The molecule has 3 heterocycles. The van der Waals surface area contributed by atoms with Gasteiger partial charge in [-0.25, -0.2) is 0 Å². The van der Waals surface area contributed by atoms with Gasteiger partial charge in [0.1, 0.15) is 0 Å². The highest BCUT2D eigenvalue weighted by Gasteiger charge is 2.33. The molecule has 3 rings (SSSR count). The van der Waals surface area contributed by atoms with Crippen molar-refractivity contribution in [3.05, 3.63) is 0 Å². The number of hydrogen-bond acceptors (Lipinski definition) is 4. The smallest absolute Gasteiger partial charge is 0.225 e. The lowest BCUT2D eigenvalue weighted by Gasteiger charge is -2.42. The first-order chi connectivity index (χ1) is 11.1. The van der Waals surface area contributed by atoms with Crippen molar-refractivity contribution in [1.29, 1.82) is 0 Å². The van der Waals surface area contributed by atoms with E-state index in [1.165, 1.54) is 0 Å². The van der Waals surface area contributed by atoms with Crippen molar-refractivity contribution in [2.75, 3.05) is 39.4 Å². The third-order valence-electron chi connectivity index (χ3n) is 5.80. The van der Waals surface area contributed by atoms with Crippen LogP contribution in [0, 0.1) is 11.8 Å². The van der Waals surface area contributed by atoms with Crippen LogP contribution in [0.1, 0.15) is 38.5 Å². The molecule has 2 amide bonds. The van der Waals surface area contributed by atoms with Gasteiger partial charge in [0, 0.05) is 44.2 Å². The summed E-state index contributed by atoms with van der Waals surface area (Å²) in [5, 5.41) is 0. The fourth-order valence-corrected chi connectivity index (χ4v) is 4.20. The van der Waals surface area contributed by atoms with Gasteiger partial charge in [0.15, 0.2) is 0 Å². The molecule has 3 saturated heterocycles. The van der Waals surface area contributed by atoms with Gasteiger partial charge >= 0.3 is 0 Å². The second-order valence-corrected chi connectivity index (χ2v) is 7.16. The highest BCUT2D eigenvalue weighted by Crippen LogP contribution is 2.25. The summed E-state index contributed by atoms with van der Waals surface area (Å²) in [5.41, 5.74) is 5.40. The zero-order valence-corrected chi connectivity index (χ0v) is 13.9. The van der Waals surface area contributed by atoms with Gasteiger partial charge in [0.05, 0.1) is 0 Å². The van der Waals surface area contributed by atoms with Crippen molar-refractivity contribution in [1.82, 2.24) is 9.80 Å². The monoisotopic (exact) mass is 323 g/mol. The van der Waals surface area contributed by atoms with Crippen molar-refractivity contribution in [3.8, 4) is 0 Å². The SMILES string of the molecule is NC(=O)C1CCN(C2CCN(C(=O)C3CCOCC3)CC2)CC1. The molecule has 3 aliphatic rings. The number of piperidine rings is 2. The van der Waals surface area contributed by atoms with Crippen LogP contribution in [0.15, 0.2) is 0 Å². The largest absolute Gasteiger partial charge is 0.381 e. The molecular weight excluding hydrogens is 294 g/mol. The van der Waals surface area contributed by atoms with Crippen molar-refractivity contribution in [2.24, 2.45) is 17.6 Å². The van der Waals surface area contributed by atoms with Gasteiger partial charge in [0.2, 0.25) is 11.8 Å². The Labute approximate surface area is 138 Å². The zero-order valence-electron chi connectivity index (χ0n) is 13.9. The normalized spacial score (nSPS) is 26.3. The first kappa shape index (κ1) is 16.7. The Balaban J connectivity index is 1.43. The Hall–Kier alpha value is -1.14. The van der Waals surface area contributed by atoms with Crippen LogP contribution in [0.25, 0.3) is 0 Å². The molecule has 0 aromatic carbocycles. The van der Waals surface area contributed by atoms with Gasteiger partial charge in [0.25, 0.3) is 0 Å². The number of amides is 2. The summed E-state index contributed by atoms with van der Waals surface area (Å²) in [6, 6.07) is 0.558. The Bertz CT molecular complexity index is 421. The fourth-order valence-electron chi connectivity index (χ4n) is 4.20. The Morgan fingerprint density at radius 3 is 2.00 bits per heavy atom. The first-order valence-electron chi connectivity index (χ1n) is 9.05. The van der Waals surface area contributed by atoms with Gasteiger partial charge in [-0.3, -0.25) is 9.59 Å². The summed E-state index contributed by atoms with van der Waals surface area (Å²) >= 11 is 0. The summed E-state index contributed by atoms with van der Waals surface area (Å²) < 4.78 is 5.35. The molecule has 23 heavy (non-hydrogen) atoms. The number of likely N-dealkylation sites (tertiary alicyclic amines) is 2. The van der Waals surface area contributed by atoms with Crippen LogP contribution >= 0.6 is 0 Å². The number of ether oxygens (including phenoxy) is 1. The van der Waals surface area contributed by atoms with Crippen molar-refractivity contribution in [3.63, 3.8) is 0 Å². The van der Waals surface area contributed by atoms with E-state index in [9.17, 15) is 9.59 Å². The molecule has 0 spiro atoms. The minimum Gasteiger partial charge on any atom is -0.381 e. The predicted molar refractivity (Wildman–Crippen MR) is 86.6 cm³/mol. The van der Waals surface area contributed by atoms with Crippen LogP contribution in [0.5, 0.6) is 0 Å². The maximum absolute atomic E-state index is 12.6. The van der Waals surface area contributed by atoms with E-state index in [0.29, 0.717) is 11.9 Å². The van der Waals surface area contributed by atoms with Gasteiger partial charge in [-0.1, -0.05) is 0 Å². The zero-order chi connectivity index (χ0) is 16.2. The summed E-state index contributed by atoms with van der Waals surface area (Å²) in [7, 11) is 0. The molecular formula is C17H29N3O3. The number of primary amides is 1. The second-order valence-electron chi connectivity index (χ2n) is 7.16. The standard InChI is InChI=1S/C17H29N3O3/c18-16(21)13-1-7-19(8-2-13)15-3-9-20(10-4-15)17(22)14-5-11-23-12-6-14/h13-15H,1-12H2,(H2,18,21). The lowest BCUT2D eigenvalue weighted by molar-refractivity contribution is -0.140. The quantitative estimate of drug-likeness (QED) is 0.825. The molecule has 0 bridgehead atoms. The van der Waals surface area contributed by atoms with Crippen LogP contribution in [-0.4, -0.2) is 67.0 Å². The fraction of sp³-hybridized carbons (Fsp3) is 0.882. The highest BCUT2D eigenvalue weighted by molar-refractivity contribution is 5.79. The van der Waals surface area contributed by atoms with Crippen LogP contribution < -0.4 is 5.73 Å². The van der Waals surface area contributed by atoms with Crippen molar-refractivity contribution < 1.29 is 14.3 Å². The van der Waals surface area contributed by atoms with Crippen LogP contribution in [0.2, 0.25) is 0 Å². The average molecular weight is 323 g/mol. The average Bonchev–Trinajstić information content (AvgIpc) is 2.62. The molecule has 6 nitrogen and oxygen atoms in total. The molecule has 2 N–H and O–H groups in total. The summed E-state index contributed by atoms with van der Waals surface area (Å²) in [4.78, 5) is 28.4. The minimum atomic E-state index is -0.151.